The molecule has 112 valence electrons. The van der Waals surface area contributed by atoms with Crippen LogP contribution in [0.25, 0.3) is 10.9 Å². The third kappa shape index (κ3) is 2.37. The van der Waals surface area contributed by atoms with Crippen molar-refractivity contribution in [2.24, 2.45) is 14.1 Å². The fourth-order valence-corrected chi connectivity index (χ4v) is 3.07. The molecule has 0 aliphatic carbocycles. The molecule has 1 aliphatic heterocycles. The summed E-state index contributed by atoms with van der Waals surface area (Å²) >= 11 is 0. The molecule has 2 aromatic rings. The Hall–Kier alpha value is -2.04. The molecule has 1 fully saturated rings. The molecule has 0 bridgehead atoms. The maximum absolute atomic E-state index is 12.7. The number of aromatic nitrogens is 2. The molecule has 0 radical (unpaired) electrons. The maximum Gasteiger partial charge on any atom is 0.270 e. The Morgan fingerprint density at radius 2 is 1.76 bits per heavy atom. The lowest BCUT2D eigenvalue weighted by Gasteiger charge is -2.20. The van der Waals surface area contributed by atoms with Crippen LogP contribution in [0, 0.1) is 0 Å². The van der Waals surface area contributed by atoms with Gasteiger partial charge < -0.3 is 14.0 Å². The molecular weight excluding hydrogens is 266 g/mol. The van der Waals surface area contributed by atoms with E-state index in [-0.39, 0.29) is 11.5 Å². The van der Waals surface area contributed by atoms with Crippen LogP contribution in [0.15, 0.2) is 23.1 Å². The lowest BCUT2D eigenvalue weighted by Crippen LogP contribution is -2.33. The molecule has 21 heavy (non-hydrogen) atoms. The van der Waals surface area contributed by atoms with Crippen LogP contribution in [0.1, 0.15) is 36.2 Å². The van der Waals surface area contributed by atoms with Crippen molar-refractivity contribution in [3.05, 3.63) is 34.4 Å². The highest BCUT2D eigenvalue weighted by molar-refractivity contribution is 5.98. The monoisotopic (exact) mass is 287 g/mol. The quantitative estimate of drug-likeness (QED) is 0.804. The summed E-state index contributed by atoms with van der Waals surface area (Å²) < 4.78 is 3.38. The normalized spacial score (nSPS) is 16.2. The van der Waals surface area contributed by atoms with Crippen LogP contribution >= 0.6 is 0 Å². The Labute approximate surface area is 123 Å². The summed E-state index contributed by atoms with van der Waals surface area (Å²) in [7, 11) is 3.58. The topological polar surface area (TPSA) is 47.2 Å². The van der Waals surface area contributed by atoms with Crippen LogP contribution in [0.3, 0.4) is 0 Å². The van der Waals surface area contributed by atoms with Crippen molar-refractivity contribution in [2.75, 3.05) is 13.1 Å². The first-order valence-electron chi connectivity index (χ1n) is 7.54. The van der Waals surface area contributed by atoms with E-state index in [1.807, 2.05) is 22.6 Å². The van der Waals surface area contributed by atoms with Crippen LogP contribution in [0.5, 0.6) is 0 Å². The minimum absolute atomic E-state index is 0.0395. The third-order valence-corrected chi connectivity index (χ3v) is 4.40. The van der Waals surface area contributed by atoms with Crippen molar-refractivity contribution < 1.29 is 4.79 Å². The highest BCUT2D eigenvalue weighted by Crippen LogP contribution is 2.19. The minimum atomic E-state index is -0.0574. The standard InChI is InChI=1S/C16H21N3O2/c1-17-10-7-13-12(15(17)20)11-14(18(13)2)16(21)19-8-5-3-4-6-9-19/h7,10-11H,3-6,8-9H2,1-2H3. The van der Waals surface area contributed by atoms with E-state index in [0.717, 1.165) is 31.4 Å². The summed E-state index contributed by atoms with van der Waals surface area (Å²) in [6.45, 7) is 1.64. The zero-order valence-corrected chi connectivity index (χ0v) is 12.6. The highest BCUT2D eigenvalue weighted by Gasteiger charge is 2.21. The van der Waals surface area contributed by atoms with Crippen molar-refractivity contribution in [3.63, 3.8) is 0 Å². The first-order chi connectivity index (χ1) is 10.1. The van der Waals surface area contributed by atoms with Crippen LogP contribution in [-0.4, -0.2) is 33.0 Å². The van der Waals surface area contributed by atoms with E-state index in [1.54, 1.807) is 23.9 Å². The number of likely N-dealkylation sites (tertiary alicyclic amines) is 1. The van der Waals surface area contributed by atoms with Crippen molar-refractivity contribution in [2.45, 2.75) is 25.7 Å². The van der Waals surface area contributed by atoms with Gasteiger partial charge in [0.2, 0.25) is 0 Å². The van der Waals surface area contributed by atoms with Gasteiger partial charge in [0.15, 0.2) is 0 Å². The Balaban J connectivity index is 2.04. The van der Waals surface area contributed by atoms with Crippen LogP contribution < -0.4 is 5.56 Å². The predicted molar refractivity (Wildman–Crippen MR) is 82.5 cm³/mol. The molecule has 1 aliphatic rings. The molecule has 2 aromatic heterocycles. The maximum atomic E-state index is 12.7. The second kappa shape index (κ2) is 5.39. The summed E-state index contributed by atoms with van der Waals surface area (Å²) in [4.78, 5) is 26.8. The van der Waals surface area contributed by atoms with Crippen molar-refractivity contribution in [1.82, 2.24) is 14.0 Å². The van der Waals surface area contributed by atoms with E-state index >= 15 is 0 Å². The van der Waals surface area contributed by atoms with Gasteiger partial charge in [0.1, 0.15) is 5.69 Å². The average molecular weight is 287 g/mol. The van der Waals surface area contributed by atoms with Crippen LogP contribution in [-0.2, 0) is 14.1 Å². The smallest absolute Gasteiger partial charge is 0.270 e. The molecular formula is C16H21N3O2. The molecule has 5 heteroatoms. The van der Waals surface area contributed by atoms with E-state index in [0.29, 0.717) is 11.1 Å². The zero-order chi connectivity index (χ0) is 15.0. The second-order valence-electron chi connectivity index (χ2n) is 5.83. The first-order valence-corrected chi connectivity index (χ1v) is 7.54. The Morgan fingerprint density at radius 1 is 1.10 bits per heavy atom. The number of hydrogen-bond donors (Lipinski definition) is 0. The zero-order valence-electron chi connectivity index (χ0n) is 12.6. The van der Waals surface area contributed by atoms with E-state index < -0.39 is 0 Å². The number of hydrogen-bond acceptors (Lipinski definition) is 2. The largest absolute Gasteiger partial charge is 0.339 e. The van der Waals surface area contributed by atoms with Gasteiger partial charge >= 0.3 is 0 Å². The molecule has 0 spiro atoms. The lowest BCUT2D eigenvalue weighted by atomic mass is 10.2. The average Bonchev–Trinajstić information content (AvgIpc) is 2.68. The van der Waals surface area contributed by atoms with Crippen LogP contribution in [0.2, 0.25) is 0 Å². The van der Waals surface area contributed by atoms with Crippen molar-refractivity contribution >= 4 is 16.8 Å². The number of amides is 1. The number of rotatable bonds is 1. The van der Waals surface area contributed by atoms with E-state index in [4.69, 9.17) is 0 Å². The molecule has 0 saturated carbocycles. The Bertz CT molecular complexity index is 734. The Morgan fingerprint density at radius 3 is 2.43 bits per heavy atom. The molecule has 5 nitrogen and oxygen atoms in total. The third-order valence-electron chi connectivity index (χ3n) is 4.40. The fourth-order valence-electron chi connectivity index (χ4n) is 3.07. The van der Waals surface area contributed by atoms with Gasteiger partial charge in [-0.3, -0.25) is 9.59 Å². The molecule has 1 saturated heterocycles. The molecule has 3 rings (SSSR count). The summed E-state index contributed by atoms with van der Waals surface area (Å²) in [5.41, 5.74) is 1.37. The van der Waals surface area contributed by atoms with Crippen LogP contribution in [0.4, 0.5) is 0 Å². The SMILES string of the molecule is Cn1ccc2c(cc(C(=O)N3CCCCCC3)n2C)c1=O. The van der Waals surface area contributed by atoms with Gasteiger partial charge in [0.25, 0.3) is 11.5 Å². The van der Waals surface area contributed by atoms with Crippen molar-refractivity contribution in [3.8, 4) is 0 Å². The van der Waals surface area contributed by atoms with Gasteiger partial charge in [-0.15, -0.1) is 0 Å². The van der Waals surface area contributed by atoms with Gasteiger partial charge in [-0.2, -0.15) is 0 Å². The lowest BCUT2D eigenvalue weighted by molar-refractivity contribution is 0.0752. The molecule has 1 amide bonds. The summed E-state index contributed by atoms with van der Waals surface area (Å²) in [5.74, 6) is 0.0395. The second-order valence-corrected chi connectivity index (χ2v) is 5.83. The van der Waals surface area contributed by atoms with E-state index in [9.17, 15) is 9.59 Å². The molecule has 0 atom stereocenters. The number of carbonyl (C=O) groups is 1. The summed E-state index contributed by atoms with van der Waals surface area (Å²) in [5, 5.41) is 0.612. The molecule has 3 heterocycles. The van der Waals surface area contributed by atoms with E-state index in [1.165, 1.54) is 12.8 Å². The fraction of sp³-hybridized carbons (Fsp3) is 0.500. The van der Waals surface area contributed by atoms with Gasteiger partial charge in [0, 0.05) is 33.4 Å². The van der Waals surface area contributed by atoms with Gasteiger partial charge in [0.05, 0.1) is 10.9 Å². The van der Waals surface area contributed by atoms with E-state index in [2.05, 4.69) is 0 Å². The minimum Gasteiger partial charge on any atom is -0.339 e. The number of fused-ring (bicyclic) bond motifs is 1. The van der Waals surface area contributed by atoms with Gasteiger partial charge in [-0.1, -0.05) is 12.8 Å². The Kier molecular flexibility index (Phi) is 3.57. The molecule has 0 unspecified atom stereocenters. The molecule has 0 N–H and O–H groups in total. The van der Waals surface area contributed by atoms with Gasteiger partial charge in [-0.05, 0) is 25.0 Å². The summed E-state index contributed by atoms with van der Waals surface area (Å²) in [6, 6.07) is 3.63. The molecule has 0 aromatic carbocycles. The number of pyridine rings is 1. The highest BCUT2D eigenvalue weighted by atomic mass is 16.2. The number of carbonyl (C=O) groups excluding carboxylic acids is 1. The van der Waals surface area contributed by atoms with Crippen molar-refractivity contribution in [1.29, 1.82) is 0 Å². The number of nitrogens with zero attached hydrogens (tertiary/aromatic N) is 3. The summed E-state index contributed by atoms with van der Waals surface area (Å²) in [6.07, 6.45) is 6.26. The van der Waals surface area contributed by atoms with Gasteiger partial charge in [-0.25, -0.2) is 0 Å². The number of aryl methyl sites for hydroxylation is 2. The first kappa shape index (κ1) is 13.9. The predicted octanol–water partition coefficient (Wildman–Crippen LogP) is 1.89.